The Bertz CT molecular complexity index is 595. The predicted octanol–water partition coefficient (Wildman–Crippen LogP) is 2.67. The van der Waals surface area contributed by atoms with E-state index in [9.17, 15) is 14.7 Å². The predicted molar refractivity (Wildman–Crippen MR) is 74.9 cm³/mol. The first-order valence-electron chi connectivity index (χ1n) is 6.92. The van der Waals surface area contributed by atoms with Crippen LogP contribution in [0.2, 0.25) is 0 Å². The number of rotatable bonds is 2. The molecule has 5 heteroatoms. The summed E-state index contributed by atoms with van der Waals surface area (Å²) in [7, 11) is 0. The van der Waals surface area contributed by atoms with Gasteiger partial charge in [-0.05, 0) is 31.4 Å². The molecule has 5 nitrogen and oxygen atoms in total. The Kier molecular flexibility index (Phi) is 3.26. The molecule has 1 aliphatic heterocycles. The van der Waals surface area contributed by atoms with Gasteiger partial charge in [0.1, 0.15) is 0 Å². The second-order valence-corrected chi connectivity index (χ2v) is 5.22. The van der Waals surface area contributed by atoms with E-state index in [1.165, 1.54) is 11.1 Å². The second-order valence-electron chi connectivity index (χ2n) is 5.22. The van der Waals surface area contributed by atoms with Gasteiger partial charge in [-0.3, -0.25) is 4.79 Å². The number of amides is 1. The molecule has 0 saturated heterocycles. The molecule has 1 N–H and O–H groups in total. The first-order chi connectivity index (χ1) is 9.68. The zero-order valence-electron chi connectivity index (χ0n) is 11.1. The topological polar surface area (TPSA) is 70.0 Å². The van der Waals surface area contributed by atoms with E-state index in [0.29, 0.717) is 5.69 Å². The summed E-state index contributed by atoms with van der Waals surface area (Å²) in [5.74, 6) is -1.28. The minimum absolute atomic E-state index is 0.0874. The Morgan fingerprint density at radius 3 is 2.85 bits per heavy atom. The number of fused-ring (bicyclic) bond motifs is 1. The van der Waals surface area contributed by atoms with Crippen molar-refractivity contribution in [2.24, 2.45) is 11.0 Å². The molecule has 0 aromatic heterocycles. The molecule has 1 fully saturated rings. The lowest BCUT2D eigenvalue weighted by molar-refractivity contribution is -0.119. The van der Waals surface area contributed by atoms with Gasteiger partial charge in [-0.1, -0.05) is 25.0 Å². The molecule has 3 rings (SSSR count). The number of anilines is 1. The molecule has 0 spiro atoms. The first kappa shape index (κ1) is 12.8. The quantitative estimate of drug-likeness (QED) is 0.899. The Hall–Kier alpha value is -2.17. The molecule has 1 aromatic rings. The Labute approximate surface area is 116 Å². The van der Waals surface area contributed by atoms with E-state index in [1.54, 1.807) is 18.2 Å². The molecule has 1 unspecified atom stereocenters. The lowest BCUT2D eigenvalue weighted by Crippen LogP contribution is -2.28. The zero-order chi connectivity index (χ0) is 14.1. The van der Waals surface area contributed by atoms with Crippen molar-refractivity contribution in [1.29, 1.82) is 0 Å². The number of para-hydroxylation sites is 1. The molecule has 1 atom stereocenters. The van der Waals surface area contributed by atoms with E-state index in [4.69, 9.17) is 0 Å². The van der Waals surface area contributed by atoms with E-state index in [-0.39, 0.29) is 17.4 Å². The summed E-state index contributed by atoms with van der Waals surface area (Å²) in [6.45, 7) is 0. The van der Waals surface area contributed by atoms with Gasteiger partial charge in [0.05, 0.1) is 22.9 Å². The number of carboxylic acid groups (broad SMARTS) is 1. The Morgan fingerprint density at radius 1 is 1.25 bits per heavy atom. The average Bonchev–Trinajstić information content (AvgIpc) is 2.64. The van der Waals surface area contributed by atoms with Crippen molar-refractivity contribution in [3.05, 3.63) is 29.8 Å². The molecule has 20 heavy (non-hydrogen) atoms. The highest BCUT2D eigenvalue weighted by Gasteiger charge is 2.37. The molecule has 1 saturated carbocycles. The number of aromatic carboxylic acids is 1. The van der Waals surface area contributed by atoms with Crippen LogP contribution in [0.5, 0.6) is 0 Å². The largest absolute Gasteiger partial charge is 0.478 e. The number of benzene rings is 1. The Balaban J connectivity index is 1.99. The van der Waals surface area contributed by atoms with E-state index < -0.39 is 5.97 Å². The third kappa shape index (κ3) is 2.09. The van der Waals surface area contributed by atoms with Crippen LogP contribution >= 0.6 is 0 Å². The molecule has 1 amide bonds. The smallest absolute Gasteiger partial charge is 0.337 e. The maximum Gasteiger partial charge on any atom is 0.337 e. The number of carbonyl (C=O) groups is 2. The fraction of sp³-hybridized carbons (Fsp3) is 0.400. The van der Waals surface area contributed by atoms with Crippen LogP contribution in [0.3, 0.4) is 0 Å². The van der Waals surface area contributed by atoms with Crippen molar-refractivity contribution in [2.45, 2.75) is 32.1 Å². The van der Waals surface area contributed by atoms with Crippen molar-refractivity contribution >= 4 is 23.3 Å². The third-order valence-electron chi connectivity index (χ3n) is 3.93. The van der Waals surface area contributed by atoms with Crippen molar-refractivity contribution in [2.75, 3.05) is 5.01 Å². The summed E-state index contributed by atoms with van der Waals surface area (Å²) in [5.41, 5.74) is 1.39. The molecule has 104 valence electrons. The number of hydrogen-bond acceptors (Lipinski definition) is 3. The number of carbonyl (C=O) groups excluding carboxylic acids is 1. The molecule has 1 heterocycles. The van der Waals surface area contributed by atoms with Gasteiger partial charge < -0.3 is 5.11 Å². The summed E-state index contributed by atoms with van der Waals surface area (Å²) in [6, 6.07) is 6.51. The Morgan fingerprint density at radius 2 is 2.05 bits per heavy atom. The van der Waals surface area contributed by atoms with Crippen LogP contribution in [-0.2, 0) is 4.79 Å². The van der Waals surface area contributed by atoms with Gasteiger partial charge in [0.2, 0.25) is 0 Å². The lowest BCUT2D eigenvalue weighted by Gasteiger charge is -2.16. The zero-order valence-corrected chi connectivity index (χ0v) is 11.1. The summed E-state index contributed by atoms with van der Waals surface area (Å²) in [4.78, 5) is 23.8. The van der Waals surface area contributed by atoms with Crippen LogP contribution in [-0.4, -0.2) is 22.7 Å². The van der Waals surface area contributed by atoms with Gasteiger partial charge in [-0.15, -0.1) is 0 Å². The van der Waals surface area contributed by atoms with Gasteiger partial charge in [-0.25, -0.2) is 4.79 Å². The first-order valence-corrected chi connectivity index (χ1v) is 6.92. The van der Waals surface area contributed by atoms with Gasteiger partial charge in [0, 0.05) is 0 Å². The van der Waals surface area contributed by atoms with Crippen LogP contribution < -0.4 is 5.01 Å². The molecular weight excluding hydrogens is 256 g/mol. The minimum Gasteiger partial charge on any atom is -0.478 e. The maximum absolute atomic E-state index is 12.5. The average molecular weight is 272 g/mol. The standard InChI is InChI=1S/C15H16N2O3/c18-14-10-6-2-1-3-8-12(10)16-17(14)13-9-5-4-7-11(13)15(19)20/h4-5,7,9-10H,1-3,6,8H2,(H,19,20). The highest BCUT2D eigenvalue weighted by molar-refractivity contribution is 6.17. The summed E-state index contributed by atoms with van der Waals surface area (Å²) < 4.78 is 0. The fourth-order valence-corrected chi connectivity index (χ4v) is 2.90. The van der Waals surface area contributed by atoms with Crippen LogP contribution in [0.4, 0.5) is 5.69 Å². The SMILES string of the molecule is O=C(O)c1ccccc1N1N=C2CCCCCC2C1=O. The normalized spacial score (nSPS) is 22.2. The number of nitrogens with zero attached hydrogens (tertiary/aromatic N) is 2. The summed E-state index contributed by atoms with van der Waals surface area (Å²) >= 11 is 0. The van der Waals surface area contributed by atoms with Gasteiger partial charge in [0.25, 0.3) is 5.91 Å². The van der Waals surface area contributed by atoms with Gasteiger partial charge >= 0.3 is 5.97 Å². The monoisotopic (exact) mass is 272 g/mol. The molecular formula is C15H16N2O3. The van der Waals surface area contributed by atoms with Crippen LogP contribution in [0.25, 0.3) is 0 Å². The highest BCUT2D eigenvalue weighted by Crippen LogP contribution is 2.32. The van der Waals surface area contributed by atoms with Crippen molar-refractivity contribution in [1.82, 2.24) is 0 Å². The molecule has 2 aliphatic rings. The van der Waals surface area contributed by atoms with E-state index >= 15 is 0 Å². The number of hydrazone groups is 1. The van der Waals surface area contributed by atoms with Crippen molar-refractivity contribution in [3.63, 3.8) is 0 Å². The van der Waals surface area contributed by atoms with Gasteiger partial charge in [0.15, 0.2) is 0 Å². The molecule has 0 bridgehead atoms. The van der Waals surface area contributed by atoms with E-state index in [0.717, 1.165) is 37.8 Å². The van der Waals surface area contributed by atoms with Gasteiger partial charge in [-0.2, -0.15) is 10.1 Å². The van der Waals surface area contributed by atoms with Crippen LogP contribution in [0.15, 0.2) is 29.4 Å². The van der Waals surface area contributed by atoms with Crippen LogP contribution in [0.1, 0.15) is 42.5 Å². The number of carboxylic acids is 1. The summed E-state index contributed by atoms with van der Waals surface area (Å²) in [6.07, 6.45) is 4.88. The van der Waals surface area contributed by atoms with Crippen LogP contribution in [0, 0.1) is 5.92 Å². The van der Waals surface area contributed by atoms with E-state index in [2.05, 4.69) is 5.10 Å². The fourth-order valence-electron chi connectivity index (χ4n) is 2.90. The van der Waals surface area contributed by atoms with Crippen molar-refractivity contribution in [3.8, 4) is 0 Å². The number of hydrogen-bond donors (Lipinski definition) is 1. The molecule has 0 radical (unpaired) electrons. The lowest BCUT2D eigenvalue weighted by atomic mass is 9.98. The third-order valence-corrected chi connectivity index (χ3v) is 3.93. The minimum atomic E-state index is -1.04. The highest BCUT2D eigenvalue weighted by atomic mass is 16.4. The maximum atomic E-state index is 12.5. The molecule has 1 aromatic carbocycles. The van der Waals surface area contributed by atoms with E-state index in [1.807, 2.05) is 0 Å². The second kappa shape index (κ2) is 5.07. The summed E-state index contributed by atoms with van der Waals surface area (Å²) in [5, 5.41) is 14.9. The molecule has 1 aliphatic carbocycles. The van der Waals surface area contributed by atoms with Crippen molar-refractivity contribution < 1.29 is 14.7 Å².